The van der Waals surface area contributed by atoms with E-state index < -0.39 is 5.97 Å². The van der Waals surface area contributed by atoms with Crippen LogP contribution in [0.4, 0.5) is 0 Å². The summed E-state index contributed by atoms with van der Waals surface area (Å²) in [7, 11) is 1.32. The molecule has 6 heteroatoms. The van der Waals surface area contributed by atoms with Crippen LogP contribution in [0.25, 0.3) is 10.9 Å². The van der Waals surface area contributed by atoms with E-state index in [1.165, 1.54) is 11.7 Å². The van der Waals surface area contributed by atoms with Gasteiger partial charge in [-0.05, 0) is 42.3 Å². The van der Waals surface area contributed by atoms with Gasteiger partial charge in [0.15, 0.2) is 0 Å². The summed E-state index contributed by atoms with van der Waals surface area (Å²) in [6.45, 7) is 2.48. The molecule has 0 saturated carbocycles. The summed E-state index contributed by atoms with van der Waals surface area (Å²) in [6.07, 6.45) is 0. The fourth-order valence-corrected chi connectivity index (χ4v) is 3.59. The average Bonchev–Trinajstić information content (AvgIpc) is 2.80. The van der Waals surface area contributed by atoms with Gasteiger partial charge in [0, 0.05) is 0 Å². The van der Waals surface area contributed by atoms with E-state index in [1.807, 2.05) is 37.3 Å². The molecule has 0 unspecified atom stereocenters. The molecule has 31 heavy (non-hydrogen) atoms. The molecule has 1 aromatic heterocycles. The Morgan fingerprint density at radius 3 is 2.03 bits per heavy atom. The van der Waals surface area contributed by atoms with Crippen LogP contribution in [0.5, 0.6) is 0 Å². The first-order valence-corrected chi connectivity index (χ1v) is 9.93. The number of methoxy groups -OCH3 is 1. The molecule has 0 fully saturated rings. The predicted octanol–water partition coefficient (Wildman–Crippen LogP) is 3.35. The summed E-state index contributed by atoms with van der Waals surface area (Å²) >= 11 is 0. The molecule has 0 aliphatic heterocycles. The van der Waals surface area contributed by atoms with Gasteiger partial charge in [0.25, 0.3) is 5.56 Å². The number of hydrogen-bond acceptors (Lipinski definition) is 4. The lowest BCUT2D eigenvalue weighted by molar-refractivity contribution is 0.0600. The highest BCUT2D eigenvalue weighted by molar-refractivity contribution is 5.89. The fourth-order valence-electron chi connectivity index (χ4n) is 3.59. The number of nitrogens with zero attached hydrogens (tertiary/aromatic N) is 2. The van der Waals surface area contributed by atoms with Gasteiger partial charge < -0.3 is 4.74 Å². The normalized spacial score (nSPS) is 10.9. The standard InChI is InChI=1S/C25H22N2O4/c1-17-7-9-18(10-8-17)15-26-22-6-4-3-5-21(22)23(28)27(25(26)30)16-19-11-13-20(14-12-19)24(29)31-2/h3-14H,15-16H2,1-2H3. The highest BCUT2D eigenvalue weighted by atomic mass is 16.5. The van der Waals surface area contributed by atoms with E-state index in [2.05, 4.69) is 0 Å². The second-order valence-electron chi connectivity index (χ2n) is 7.45. The molecule has 0 amide bonds. The minimum atomic E-state index is -0.435. The SMILES string of the molecule is COC(=O)c1ccc(Cn2c(=O)c3ccccc3n(Cc3ccc(C)cc3)c2=O)cc1. The lowest BCUT2D eigenvalue weighted by Crippen LogP contribution is -2.40. The number of fused-ring (bicyclic) bond motifs is 1. The number of benzene rings is 3. The van der Waals surface area contributed by atoms with Crippen molar-refractivity contribution in [3.63, 3.8) is 0 Å². The molecule has 4 aromatic rings. The van der Waals surface area contributed by atoms with E-state index in [0.29, 0.717) is 23.0 Å². The molecular formula is C25H22N2O4. The molecule has 0 aliphatic carbocycles. The van der Waals surface area contributed by atoms with E-state index in [4.69, 9.17) is 4.74 Å². The Balaban J connectivity index is 1.80. The molecule has 156 valence electrons. The molecule has 0 atom stereocenters. The number of rotatable bonds is 5. The van der Waals surface area contributed by atoms with E-state index in [-0.39, 0.29) is 17.8 Å². The maximum absolute atomic E-state index is 13.4. The third-order valence-corrected chi connectivity index (χ3v) is 5.31. The van der Waals surface area contributed by atoms with Crippen molar-refractivity contribution in [2.45, 2.75) is 20.0 Å². The monoisotopic (exact) mass is 414 g/mol. The van der Waals surface area contributed by atoms with Crippen LogP contribution in [-0.2, 0) is 17.8 Å². The van der Waals surface area contributed by atoms with Crippen molar-refractivity contribution in [3.8, 4) is 0 Å². The van der Waals surface area contributed by atoms with Gasteiger partial charge in [-0.25, -0.2) is 9.59 Å². The zero-order chi connectivity index (χ0) is 22.0. The Morgan fingerprint density at radius 1 is 0.806 bits per heavy atom. The van der Waals surface area contributed by atoms with Crippen LogP contribution >= 0.6 is 0 Å². The minimum Gasteiger partial charge on any atom is -0.465 e. The molecule has 4 rings (SSSR count). The number of para-hydroxylation sites is 1. The molecule has 0 bridgehead atoms. The molecular weight excluding hydrogens is 392 g/mol. The first-order valence-electron chi connectivity index (χ1n) is 9.93. The predicted molar refractivity (Wildman–Crippen MR) is 120 cm³/mol. The van der Waals surface area contributed by atoms with Crippen molar-refractivity contribution < 1.29 is 9.53 Å². The summed E-state index contributed by atoms with van der Waals surface area (Å²) < 4.78 is 7.58. The van der Waals surface area contributed by atoms with Crippen molar-refractivity contribution in [2.24, 2.45) is 0 Å². The fraction of sp³-hybridized carbons (Fsp3) is 0.160. The molecule has 0 radical (unpaired) electrons. The van der Waals surface area contributed by atoms with Crippen LogP contribution in [-0.4, -0.2) is 22.2 Å². The number of esters is 1. The van der Waals surface area contributed by atoms with Gasteiger partial charge in [-0.2, -0.15) is 0 Å². The van der Waals surface area contributed by atoms with Crippen molar-refractivity contribution >= 4 is 16.9 Å². The number of aryl methyl sites for hydroxylation is 1. The number of carbonyl (C=O) groups excluding carboxylic acids is 1. The van der Waals surface area contributed by atoms with Gasteiger partial charge in [0.2, 0.25) is 0 Å². The van der Waals surface area contributed by atoms with Crippen molar-refractivity contribution in [2.75, 3.05) is 7.11 Å². The Kier molecular flexibility index (Phi) is 5.54. The molecule has 0 N–H and O–H groups in total. The van der Waals surface area contributed by atoms with Gasteiger partial charge in [0.05, 0.1) is 36.7 Å². The molecule has 6 nitrogen and oxygen atoms in total. The second kappa shape index (κ2) is 8.44. The topological polar surface area (TPSA) is 70.3 Å². The highest BCUT2D eigenvalue weighted by Gasteiger charge is 2.14. The minimum absolute atomic E-state index is 0.109. The van der Waals surface area contributed by atoms with Crippen LogP contribution in [0.15, 0.2) is 82.4 Å². The van der Waals surface area contributed by atoms with Crippen molar-refractivity contribution in [1.82, 2.24) is 9.13 Å². The quantitative estimate of drug-likeness (QED) is 0.470. The lowest BCUT2D eigenvalue weighted by atomic mass is 10.1. The van der Waals surface area contributed by atoms with E-state index in [0.717, 1.165) is 16.7 Å². The number of carbonyl (C=O) groups is 1. The Hall–Kier alpha value is -3.93. The average molecular weight is 414 g/mol. The Labute approximate surface area is 179 Å². The molecule has 1 heterocycles. The third-order valence-electron chi connectivity index (χ3n) is 5.31. The van der Waals surface area contributed by atoms with E-state index >= 15 is 0 Å². The van der Waals surface area contributed by atoms with Crippen molar-refractivity contribution in [1.29, 1.82) is 0 Å². The maximum Gasteiger partial charge on any atom is 0.337 e. The highest BCUT2D eigenvalue weighted by Crippen LogP contribution is 2.12. The van der Waals surface area contributed by atoms with E-state index in [9.17, 15) is 14.4 Å². The van der Waals surface area contributed by atoms with Crippen LogP contribution in [0.3, 0.4) is 0 Å². The Morgan fingerprint density at radius 2 is 1.39 bits per heavy atom. The second-order valence-corrected chi connectivity index (χ2v) is 7.45. The summed E-state index contributed by atoms with van der Waals surface area (Å²) in [5.41, 5.74) is 3.17. The van der Waals surface area contributed by atoms with Gasteiger partial charge in [-0.1, -0.05) is 54.1 Å². The van der Waals surface area contributed by atoms with Gasteiger partial charge in [-0.3, -0.25) is 13.9 Å². The zero-order valence-electron chi connectivity index (χ0n) is 17.4. The van der Waals surface area contributed by atoms with Gasteiger partial charge in [0.1, 0.15) is 0 Å². The third kappa shape index (κ3) is 4.05. The van der Waals surface area contributed by atoms with E-state index in [1.54, 1.807) is 47.0 Å². The number of aromatic nitrogens is 2. The van der Waals surface area contributed by atoms with Gasteiger partial charge in [-0.15, -0.1) is 0 Å². The number of hydrogen-bond donors (Lipinski definition) is 0. The van der Waals surface area contributed by atoms with Crippen LogP contribution in [0.2, 0.25) is 0 Å². The first kappa shape index (κ1) is 20.3. The van der Waals surface area contributed by atoms with Crippen LogP contribution < -0.4 is 11.2 Å². The molecule has 0 aliphatic rings. The van der Waals surface area contributed by atoms with Gasteiger partial charge >= 0.3 is 11.7 Å². The molecule has 0 spiro atoms. The smallest absolute Gasteiger partial charge is 0.337 e. The van der Waals surface area contributed by atoms with Crippen molar-refractivity contribution in [3.05, 3.63) is 116 Å². The summed E-state index contributed by atoms with van der Waals surface area (Å²) in [5, 5.41) is 0.486. The molecule has 0 saturated heterocycles. The summed E-state index contributed by atoms with van der Waals surface area (Å²) in [4.78, 5) is 38.1. The maximum atomic E-state index is 13.4. The van der Waals surface area contributed by atoms with Crippen LogP contribution in [0, 0.1) is 6.92 Å². The first-order chi connectivity index (χ1) is 15.0. The zero-order valence-corrected chi connectivity index (χ0v) is 17.4. The summed E-state index contributed by atoms with van der Waals surface area (Å²) in [5.74, 6) is -0.435. The lowest BCUT2D eigenvalue weighted by Gasteiger charge is -2.14. The number of ether oxygens (including phenoxy) is 1. The van der Waals surface area contributed by atoms with Crippen LogP contribution in [0.1, 0.15) is 27.0 Å². The summed E-state index contributed by atoms with van der Waals surface area (Å²) in [6, 6.07) is 21.8. The molecule has 3 aromatic carbocycles. The largest absolute Gasteiger partial charge is 0.465 e. The Bertz CT molecular complexity index is 1360.